The van der Waals surface area contributed by atoms with Crippen molar-refractivity contribution in [3.05, 3.63) is 77.6 Å². The standard InChI is InChI=1S/C24H19ClFNO3/c1-29-22-8-4-6-18(26)23(22)19-12-17(25)24(28)27(19)13-14-9-10-21-16(11-14)15-5-2-3-7-20(15)30-21/h2-11,17,19H,12-13H2,1H3. The van der Waals surface area contributed by atoms with Crippen LogP contribution in [-0.4, -0.2) is 23.3 Å². The highest BCUT2D eigenvalue weighted by atomic mass is 35.5. The minimum absolute atomic E-state index is 0.205. The van der Waals surface area contributed by atoms with Crippen molar-refractivity contribution < 1.29 is 18.3 Å². The first kappa shape index (κ1) is 18.9. The number of hydrogen-bond acceptors (Lipinski definition) is 3. The van der Waals surface area contributed by atoms with E-state index in [2.05, 4.69) is 0 Å². The van der Waals surface area contributed by atoms with Gasteiger partial charge in [-0.25, -0.2) is 4.39 Å². The quantitative estimate of drug-likeness (QED) is 0.389. The van der Waals surface area contributed by atoms with E-state index in [1.807, 2.05) is 42.5 Å². The second-order valence-corrected chi connectivity index (χ2v) is 8.00. The van der Waals surface area contributed by atoms with Crippen molar-refractivity contribution >= 4 is 39.4 Å². The number of hydrogen-bond donors (Lipinski definition) is 0. The molecule has 2 atom stereocenters. The maximum atomic E-state index is 14.7. The molecule has 1 aliphatic rings. The number of likely N-dealkylation sites (tertiary alicyclic amines) is 1. The molecule has 30 heavy (non-hydrogen) atoms. The fraction of sp³-hybridized carbons (Fsp3) is 0.208. The van der Waals surface area contributed by atoms with Crippen LogP contribution in [0.4, 0.5) is 4.39 Å². The van der Waals surface area contributed by atoms with Gasteiger partial charge < -0.3 is 14.1 Å². The third-order valence-electron chi connectivity index (χ3n) is 5.72. The summed E-state index contributed by atoms with van der Waals surface area (Å²) in [5.41, 5.74) is 2.90. The lowest BCUT2D eigenvalue weighted by atomic mass is 10.0. The molecule has 2 heterocycles. The number of halogens is 2. The molecular formula is C24H19ClFNO3. The summed E-state index contributed by atoms with van der Waals surface area (Å²) in [5, 5.41) is 1.31. The molecule has 1 fully saturated rings. The van der Waals surface area contributed by atoms with Crippen molar-refractivity contribution in [3.8, 4) is 5.75 Å². The lowest BCUT2D eigenvalue weighted by Gasteiger charge is -2.26. The van der Waals surface area contributed by atoms with Crippen LogP contribution in [-0.2, 0) is 11.3 Å². The van der Waals surface area contributed by atoms with Gasteiger partial charge in [-0.1, -0.05) is 30.3 Å². The Bertz CT molecular complexity index is 1270. The van der Waals surface area contributed by atoms with Crippen molar-refractivity contribution in [1.82, 2.24) is 4.90 Å². The van der Waals surface area contributed by atoms with E-state index in [0.29, 0.717) is 24.3 Å². The van der Waals surface area contributed by atoms with Crippen LogP contribution in [0.25, 0.3) is 21.9 Å². The van der Waals surface area contributed by atoms with E-state index in [9.17, 15) is 9.18 Å². The fourth-order valence-corrected chi connectivity index (χ4v) is 4.60. The summed E-state index contributed by atoms with van der Waals surface area (Å²) in [4.78, 5) is 14.5. The number of rotatable bonds is 4. The third kappa shape index (κ3) is 3.01. The van der Waals surface area contributed by atoms with E-state index >= 15 is 0 Å². The Hall–Kier alpha value is -3.05. The highest BCUT2D eigenvalue weighted by molar-refractivity contribution is 6.31. The Labute approximate surface area is 177 Å². The Balaban J connectivity index is 1.55. The average Bonchev–Trinajstić information content (AvgIpc) is 3.26. The number of carbonyl (C=O) groups excluding carboxylic acids is 1. The van der Waals surface area contributed by atoms with Gasteiger partial charge in [-0.15, -0.1) is 11.6 Å². The van der Waals surface area contributed by atoms with Gasteiger partial charge in [0, 0.05) is 17.3 Å². The largest absolute Gasteiger partial charge is 0.496 e. The SMILES string of the molecule is COc1cccc(F)c1C1CC(Cl)C(=O)N1Cc1ccc2oc3ccccc3c2c1. The molecule has 4 nitrogen and oxygen atoms in total. The number of ether oxygens (including phenoxy) is 1. The molecule has 152 valence electrons. The minimum Gasteiger partial charge on any atom is -0.496 e. The predicted molar refractivity (Wildman–Crippen MR) is 114 cm³/mol. The van der Waals surface area contributed by atoms with Gasteiger partial charge in [0.1, 0.15) is 28.1 Å². The molecule has 0 spiro atoms. The first-order valence-electron chi connectivity index (χ1n) is 9.74. The van der Waals surface area contributed by atoms with Crippen molar-refractivity contribution in [1.29, 1.82) is 0 Å². The number of para-hydroxylation sites is 1. The van der Waals surface area contributed by atoms with Gasteiger partial charge >= 0.3 is 0 Å². The minimum atomic E-state index is -0.696. The van der Waals surface area contributed by atoms with E-state index in [0.717, 1.165) is 27.5 Å². The maximum Gasteiger partial charge on any atom is 0.241 e. The molecule has 0 saturated carbocycles. The van der Waals surface area contributed by atoms with Gasteiger partial charge in [0.15, 0.2) is 0 Å². The van der Waals surface area contributed by atoms with Crippen LogP contribution >= 0.6 is 11.6 Å². The van der Waals surface area contributed by atoms with Crippen LogP contribution in [0.15, 0.2) is 65.1 Å². The second-order valence-electron chi connectivity index (χ2n) is 7.47. The molecule has 4 aromatic rings. The Morgan fingerprint density at radius 2 is 1.90 bits per heavy atom. The number of amides is 1. The molecule has 3 aromatic carbocycles. The summed E-state index contributed by atoms with van der Waals surface area (Å²) < 4.78 is 26.0. The summed E-state index contributed by atoms with van der Waals surface area (Å²) in [6.45, 7) is 0.319. The van der Waals surface area contributed by atoms with Gasteiger partial charge in [-0.05, 0) is 42.3 Å². The van der Waals surface area contributed by atoms with Gasteiger partial charge in [0.2, 0.25) is 5.91 Å². The zero-order valence-corrected chi connectivity index (χ0v) is 17.0. The molecule has 0 N–H and O–H groups in total. The maximum absolute atomic E-state index is 14.7. The summed E-state index contributed by atoms with van der Waals surface area (Å²) in [6, 6.07) is 17.9. The summed E-state index contributed by atoms with van der Waals surface area (Å²) in [5.74, 6) is -0.192. The van der Waals surface area contributed by atoms with E-state index in [1.165, 1.54) is 13.2 Å². The Morgan fingerprint density at radius 1 is 1.10 bits per heavy atom. The monoisotopic (exact) mass is 423 g/mol. The van der Waals surface area contributed by atoms with Gasteiger partial charge in [-0.2, -0.15) is 0 Å². The van der Waals surface area contributed by atoms with Gasteiger partial charge in [-0.3, -0.25) is 4.79 Å². The molecule has 1 aromatic heterocycles. The molecule has 1 saturated heterocycles. The first-order valence-corrected chi connectivity index (χ1v) is 10.2. The van der Waals surface area contributed by atoms with E-state index < -0.39 is 17.2 Å². The lowest BCUT2D eigenvalue weighted by Crippen LogP contribution is -2.29. The number of benzene rings is 3. The Kier molecular flexibility index (Phi) is 4.63. The number of carbonyl (C=O) groups is 1. The number of methoxy groups -OCH3 is 1. The van der Waals surface area contributed by atoms with Crippen molar-refractivity contribution in [3.63, 3.8) is 0 Å². The van der Waals surface area contributed by atoms with E-state index in [1.54, 1.807) is 17.0 Å². The van der Waals surface area contributed by atoms with Crippen LogP contribution in [0.1, 0.15) is 23.6 Å². The second kappa shape index (κ2) is 7.33. The van der Waals surface area contributed by atoms with Crippen molar-refractivity contribution in [2.75, 3.05) is 7.11 Å². The molecule has 0 radical (unpaired) electrons. The molecule has 1 amide bonds. The van der Waals surface area contributed by atoms with Gasteiger partial charge in [0.05, 0.1) is 18.7 Å². The summed E-state index contributed by atoms with van der Waals surface area (Å²) in [6.07, 6.45) is 0.328. The van der Waals surface area contributed by atoms with Crippen LogP contribution < -0.4 is 4.74 Å². The van der Waals surface area contributed by atoms with Crippen molar-refractivity contribution in [2.45, 2.75) is 24.4 Å². The van der Waals surface area contributed by atoms with E-state index in [4.69, 9.17) is 20.8 Å². The topological polar surface area (TPSA) is 42.7 Å². The highest BCUT2D eigenvalue weighted by Gasteiger charge is 2.41. The van der Waals surface area contributed by atoms with Crippen LogP contribution in [0, 0.1) is 5.82 Å². The van der Waals surface area contributed by atoms with Gasteiger partial charge in [0.25, 0.3) is 0 Å². The molecule has 2 unspecified atom stereocenters. The summed E-state index contributed by atoms with van der Waals surface area (Å²) >= 11 is 6.30. The highest BCUT2D eigenvalue weighted by Crippen LogP contribution is 2.42. The number of nitrogens with zero attached hydrogens (tertiary/aromatic N) is 1. The van der Waals surface area contributed by atoms with Crippen molar-refractivity contribution in [2.24, 2.45) is 0 Å². The molecule has 0 aliphatic carbocycles. The number of furan rings is 1. The Morgan fingerprint density at radius 3 is 2.73 bits per heavy atom. The van der Waals surface area contributed by atoms with Crippen LogP contribution in [0.3, 0.4) is 0 Å². The average molecular weight is 424 g/mol. The molecule has 5 rings (SSSR count). The zero-order valence-electron chi connectivity index (χ0n) is 16.3. The lowest BCUT2D eigenvalue weighted by molar-refractivity contribution is -0.129. The molecular weight excluding hydrogens is 405 g/mol. The number of alkyl halides is 1. The smallest absolute Gasteiger partial charge is 0.241 e. The fourth-order valence-electron chi connectivity index (χ4n) is 4.31. The molecule has 6 heteroatoms. The molecule has 1 aliphatic heterocycles. The number of fused-ring (bicyclic) bond motifs is 3. The predicted octanol–water partition coefficient (Wildman–Crippen LogP) is 5.81. The van der Waals surface area contributed by atoms with E-state index in [-0.39, 0.29) is 5.91 Å². The summed E-state index contributed by atoms with van der Waals surface area (Å²) in [7, 11) is 1.50. The molecule has 0 bridgehead atoms. The zero-order chi connectivity index (χ0) is 20.8. The normalized spacial score (nSPS) is 19.2. The van der Waals surface area contributed by atoms with Crippen LogP contribution in [0.2, 0.25) is 0 Å². The third-order valence-corrected chi connectivity index (χ3v) is 6.08. The van der Waals surface area contributed by atoms with Crippen LogP contribution in [0.5, 0.6) is 5.75 Å². The first-order chi connectivity index (χ1) is 14.6.